The van der Waals surface area contributed by atoms with Crippen LogP contribution >= 0.6 is 0 Å². The summed E-state index contributed by atoms with van der Waals surface area (Å²) in [5.74, 6) is 3.63. The molecule has 0 aliphatic rings. The molecule has 0 saturated heterocycles. The molecule has 0 aromatic heterocycles. The zero-order chi connectivity index (χ0) is 18.1. The lowest BCUT2D eigenvalue weighted by molar-refractivity contribution is 0.0229. The first-order valence-corrected chi connectivity index (χ1v) is 8.28. The number of ether oxygens (including phenoxy) is 2. The number of aliphatic hydroxyl groups is 1. The second kappa shape index (κ2) is 9.73. The molecule has 2 N–H and O–H groups in total. The Hall–Kier alpha value is -2.48. The quantitative estimate of drug-likeness (QED) is 0.544. The Kier molecular flexibility index (Phi) is 7.34. The molecule has 0 heterocycles. The monoisotopic (exact) mass is 340 g/mol. The molecule has 2 rings (SSSR count). The maximum atomic E-state index is 9.72. The number of phenols is 1. The molecule has 0 spiro atoms. The van der Waals surface area contributed by atoms with Crippen LogP contribution in [-0.2, 0) is 11.2 Å². The van der Waals surface area contributed by atoms with Crippen LogP contribution in [0.25, 0.3) is 0 Å². The third kappa shape index (κ3) is 6.50. The largest absolute Gasteiger partial charge is 0.508 e. The van der Waals surface area contributed by atoms with E-state index >= 15 is 0 Å². The molecule has 4 nitrogen and oxygen atoms in total. The van der Waals surface area contributed by atoms with Crippen LogP contribution in [0.2, 0.25) is 0 Å². The molecule has 2 atom stereocenters. The van der Waals surface area contributed by atoms with Crippen molar-refractivity contribution >= 4 is 0 Å². The number of aliphatic hydroxyl groups excluding tert-OH is 1. The number of hydrogen-bond acceptors (Lipinski definition) is 4. The molecular weight excluding hydrogens is 316 g/mol. The molecule has 0 bridgehead atoms. The average molecular weight is 340 g/mol. The highest BCUT2D eigenvalue weighted by atomic mass is 16.5. The van der Waals surface area contributed by atoms with Gasteiger partial charge in [-0.15, -0.1) is 6.42 Å². The first-order chi connectivity index (χ1) is 12.1. The van der Waals surface area contributed by atoms with E-state index in [-0.39, 0.29) is 25.6 Å². The van der Waals surface area contributed by atoms with Crippen LogP contribution in [0.3, 0.4) is 0 Å². The van der Waals surface area contributed by atoms with Gasteiger partial charge in [-0.2, -0.15) is 0 Å². The molecule has 0 fully saturated rings. The zero-order valence-corrected chi connectivity index (χ0v) is 14.4. The highest BCUT2D eigenvalue weighted by molar-refractivity contribution is 5.32. The van der Waals surface area contributed by atoms with E-state index in [4.69, 9.17) is 15.9 Å². The molecule has 0 aliphatic heterocycles. The standard InChI is InChI=1S/C21H24O4/c1-3-11-24-14-20(23)15-25-21-9-7-17(8-10-21)12-16(2)18-5-4-6-19(22)13-18/h1,4-10,13,16,20,22-23H,11-12,14-15H2,2H3. The topological polar surface area (TPSA) is 58.9 Å². The van der Waals surface area contributed by atoms with E-state index in [0.29, 0.717) is 11.7 Å². The second-order valence-electron chi connectivity index (χ2n) is 6.03. The van der Waals surface area contributed by atoms with Crippen molar-refractivity contribution in [2.24, 2.45) is 0 Å². The fraction of sp³-hybridized carbons (Fsp3) is 0.333. The van der Waals surface area contributed by atoms with Crippen LogP contribution in [0, 0.1) is 12.3 Å². The van der Waals surface area contributed by atoms with E-state index in [1.165, 1.54) is 5.56 Å². The Morgan fingerprint density at radius 1 is 1.12 bits per heavy atom. The van der Waals surface area contributed by atoms with Gasteiger partial charge in [-0.05, 0) is 47.7 Å². The van der Waals surface area contributed by atoms with Gasteiger partial charge in [0.15, 0.2) is 0 Å². The van der Waals surface area contributed by atoms with Gasteiger partial charge in [0.2, 0.25) is 0 Å². The van der Waals surface area contributed by atoms with Gasteiger partial charge >= 0.3 is 0 Å². The van der Waals surface area contributed by atoms with Crippen molar-refractivity contribution in [3.8, 4) is 23.8 Å². The summed E-state index contributed by atoms with van der Waals surface area (Å²) in [5, 5.41) is 19.3. The molecule has 2 unspecified atom stereocenters. The molecule has 0 aliphatic carbocycles. The van der Waals surface area contributed by atoms with Crippen molar-refractivity contribution < 1.29 is 19.7 Å². The van der Waals surface area contributed by atoms with E-state index in [1.807, 2.05) is 36.4 Å². The number of benzene rings is 2. The fourth-order valence-corrected chi connectivity index (χ4v) is 2.52. The number of phenolic OH excluding ortho intramolecular Hbond substituents is 1. The highest BCUT2D eigenvalue weighted by Gasteiger charge is 2.09. The lowest BCUT2D eigenvalue weighted by atomic mass is 9.93. The third-order valence-electron chi connectivity index (χ3n) is 3.84. The summed E-state index contributed by atoms with van der Waals surface area (Å²) in [4.78, 5) is 0. The van der Waals surface area contributed by atoms with Crippen molar-refractivity contribution in [2.75, 3.05) is 19.8 Å². The van der Waals surface area contributed by atoms with Crippen LogP contribution in [0.15, 0.2) is 48.5 Å². The third-order valence-corrected chi connectivity index (χ3v) is 3.84. The average Bonchev–Trinajstić information content (AvgIpc) is 2.61. The van der Waals surface area contributed by atoms with Gasteiger partial charge in [0.05, 0.1) is 6.61 Å². The SMILES string of the molecule is C#CCOCC(O)COc1ccc(CC(C)c2cccc(O)c2)cc1. The predicted molar refractivity (Wildman–Crippen MR) is 97.8 cm³/mol. The summed E-state index contributed by atoms with van der Waals surface area (Å²) in [5.41, 5.74) is 2.29. The van der Waals surface area contributed by atoms with Crippen LogP contribution in [-0.4, -0.2) is 36.1 Å². The Balaban J connectivity index is 1.82. The number of hydrogen-bond donors (Lipinski definition) is 2. The minimum absolute atomic E-state index is 0.156. The lowest BCUT2D eigenvalue weighted by Crippen LogP contribution is -2.23. The summed E-state index contributed by atoms with van der Waals surface area (Å²) >= 11 is 0. The zero-order valence-electron chi connectivity index (χ0n) is 14.4. The normalized spacial score (nSPS) is 13.0. The van der Waals surface area contributed by atoms with E-state index in [1.54, 1.807) is 12.1 Å². The van der Waals surface area contributed by atoms with Gasteiger partial charge < -0.3 is 19.7 Å². The predicted octanol–water partition coefficient (Wildman–Crippen LogP) is 3.13. The maximum absolute atomic E-state index is 9.72. The summed E-state index contributed by atoms with van der Waals surface area (Å²) in [6.07, 6.45) is 5.23. The smallest absolute Gasteiger partial charge is 0.119 e. The van der Waals surface area contributed by atoms with Gasteiger partial charge in [0.25, 0.3) is 0 Å². The summed E-state index contributed by atoms with van der Waals surface area (Å²) in [6.45, 7) is 2.63. The van der Waals surface area contributed by atoms with E-state index < -0.39 is 6.10 Å². The van der Waals surface area contributed by atoms with Crippen LogP contribution in [0.4, 0.5) is 0 Å². The molecule has 25 heavy (non-hydrogen) atoms. The van der Waals surface area contributed by atoms with Gasteiger partial charge in [0.1, 0.15) is 30.8 Å². The van der Waals surface area contributed by atoms with E-state index in [9.17, 15) is 10.2 Å². The summed E-state index contributed by atoms with van der Waals surface area (Å²) < 4.78 is 10.6. The number of terminal acetylenes is 1. The molecule has 0 saturated carbocycles. The Labute approximate surface area is 149 Å². The molecule has 2 aromatic carbocycles. The Bertz CT molecular complexity index is 688. The van der Waals surface area contributed by atoms with Crippen molar-refractivity contribution in [3.63, 3.8) is 0 Å². The minimum Gasteiger partial charge on any atom is -0.508 e. The molecule has 0 amide bonds. The fourth-order valence-electron chi connectivity index (χ4n) is 2.52. The van der Waals surface area contributed by atoms with Gasteiger partial charge in [0, 0.05) is 0 Å². The van der Waals surface area contributed by atoms with E-state index in [0.717, 1.165) is 12.0 Å². The second-order valence-corrected chi connectivity index (χ2v) is 6.03. The highest BCUT2D eigenvalue weighted by Crippen LogP contribution is 2.24. The van der Waals surface area contributed by atoms with Crippen LogP contribution < -0.4 is 4.74 Å². The van der Waals surface area contributed by atoms with E-state index in [2.05, 4.69) is 12.8 Å². The van der Waals surface area contributed by atoms with Crippen molar-refractivity contribution in [1.29, 1.82) is 0 Å². The number of aromatic hydroxyl groups is 1. The first-order valence-electron chi connectivity index (χ1n) is 8.28. The van der Waals surface area contributed by atoms with Gasteiger partial charge in [-0.3, -0.25) is 0 Å². The molecule has 2 aromatic rings. The minimum atomic E-state index is -0.709. The number of rotatable bonds is 9. The molecule has 4 heteroatoms. The molecule has 132 valence electrons. The van der Waals surface area contributed by atoms with Crippen molar-refractivity contribution in [2.45, 2.75) is 25.4 Å². The van der Waals surface area contributed by atoms with Crippen molar-refractivity contribution in [1.82, 2.24) is 0 Å². The molecular formula is C21H24O4. The Morgan fingerprint density at radius 2 is 1.88 bits per heavy atom. The lowest BCUT2D eigenvalue weighted by Gasteiger charge is -2.14. The van der Waals surface area contributed by atoms with Gasteiger partial charge in [-0.25, -0.2) is 0 Å². The molecule has 0 radical (unpaired) electrons. The summed E-state index contributed by atoms with van der Waals surface area (Å²) in [6, 6.07) is 15.1. The van der Waals surface area contributed by atoms with Crippen LogP contribution in [0.5, 0.6) is 11.5 Å². The Morgan fingerprint density at radius 3 is 2.56 bits per heavy atom. The van der Waals surface area contributed by atoms with Crippen LogP contribution in [0.1, 0.15) is 24.0 Å². The maximum Gasteiger partial charge on any atom is 0.119 e. The first kappa shape index (κ1) is 18.9. The van der Waals surface area contributed by atoms with Gasteiger partial charge in [-0.1, -0.05) is 37.1 Å². The van der Waals surface area contributed by atoms with Crippen molar-refractivity contribution in [3.05, 3.63) is 59.7 Å². The summed E-state index contributed by atoms with van der Waals surface area (Å²) in [7, 11) is 0.